The van der Waals surface area contributed by atoms with Crippen LogP contribution in [0, 0.1) is 0 Å². The second-order valence-electron chi connectivity index (χ2n) is 6.31. The molecule has 7 heteroatoms. The molecule has 0 fully saturated rings. The van der Waals surface area contributed by atoms with E-state index in [0.29, 0.717) is 28.5 Å². The second kappa shape index (κ2) is 8.28. The average molecular weight is 406 g/mol. The smallest absolute Gasteiger partial charge is 0.262 e. The highest BCUT2D eigenvalue weighted by Gasteiger charge is 2.22. The van der Waals surface area contributed by atoms with Gasteiger partial charge in [0, 0.05) is 10.5 Å². The molecule has 0 atom stereocenters. The number of hydrogen-bond acceptors (Lipinski definition) is 5. The van der Waals surface area contributed by atoms with Crippen molar-refractivity contribution < 1.29 is 18.7 Å². The maximum atomic E-state index is 12.5. The summed E-state index contributed by atoms with van der Waals surface area (Å²) in [7, 11) is 1.61. The summed E-state index contributed by atoms with van der Waals surface area (Å²) in [6.45, 7) is 0.304. The molecular formula is C22H18N2O4S. The molecule has 0 radical (unpaired) electrons. The molecule has 0 saturated heterocycles. The van der Waals surface area contributed by atoms with Gasteiger partial charge in [-0.05, 0) is 54.1 Å². The summed E-state index contributed by atoms with van der Waals surface area (Å²) in [6.07, 6.45) is 3.39. The predicted molar refractivity (Wildman–Crippen MR) is 112 cm³/mol. The number of anilines is 1. The molecule has 29 heavy (non-hydrogen) atoms. The number of benzene rings is 2. The Kier molecular flexibility index (Phi) is 5.39. The average Bonchev–Trinajstić information content (AvgIpc) is 3.26. The fourth-order valence-electron chi connectivity index (χ4n) is 2.84. The van der Waals surface area contributed by atoms with Gasteiger partial charge in [-0.1, -0.05) is 23.9 Å². The Morgan fingerprint density at radius 1 is 1.21 bits per heavy atom. The van der Waals surface area contributed by atoms with Crippen LogP contribution in [0.15, 0.2) is 75.1 Å². The number of carbonyl (C=O) groups is 2. The third-order valence-corrected chi connectivity index (χ3v) is 5.45. The lowest BCUT2D eigenvalue weighted by Crippen LogP contribution is -2.23. The summed E-state index contributed by atoms with van der Waals surface area (Å²) < 4.78 is 10.4. The van der Waals surface area contributed by atoms with E-state index in [2.05, 4.69) is 10.6 Å². The topological polar surface area (TPSA) is 80.6 Å². The Bertz CT molecular complexity index is 1070. The Hall–Kier alpha value is -3.45. The zero-order valence-electron chi connectivity index (χ0n) is 15.6. The van der Waals surface area contributed by atoms with Crippen molar-refractivity contribution in [2.45, 2.75) is 11.4 Å². The Labute approximate surface area is 171 Å². The van der Waals surface area contributed by atoms with Crippen LogP contribution in [0.1, 0.15) is 21.7 Å². The van der Waals surface area contributed by atoms with Crippen molar-refractivity contribution in [1.82, 2.24) is 5.32 Å². The van der Waals surface area contributed by atoms with Crippen LogP contribution in [0.3, 0.4) is 0 Å². The van der Waals surface area contributed by atoms with E-state index in [-0.39, 0.29) is 11.8 Å². The van der Waals surface area contributed by atoms with Crippen molar-refractivity contribution in [1.29, 1.82) is 0 Å². The molecule has 4 rings (SSSR count). The van der Waals surface area contributed by atoms with E-state index in [1.165, 1.54) is 11.8 Å². The van der Waals surface area contributed by atoms with Crippen molar-refractivity contribution in [3.8, 4) is 5.75 Å². The summed E-state index contributed by atoms with van der Waals surface area (Å²) in [5.41, 5.74) is 2.00. The van der Waals surface area contributed by atoms with Gasteiger partial charge in [0.15, 0.2) is 0 Å². The van der Waals surface area contributed by atoms with E-state index in [1.807, 2.05) is 36.4 Å². The zero-order chi connectivity index (χ0) is 20.2. The molecule has 0 bridgehead atoms. The third kappa shape index (κ3) is 4.35. The van der Waals surface area contributed by atoms with Gasteiger partial charge in [0.2, 0.25) is 0 Å². The number of amides is 2. The Morgan fingerprint density at radius 3 is 2.76 bits per heavy atom. The number of furan rings is 1. The normalized spacial score (nSPS) is 14.2. The van der Waals surface area contributed by atoms with Gasteiger partial charge in [-0.15, -0.1) is 0 Å². The summed E-state index contributed by atoms with van der Waals surface area (Å²) >= 11 is 1.37. The van der Waals surface area contributed by atoms with E-state index >= 15 is 0 Å². The molecule has 2 heterocycles. The van der Waals surface area contributed by atoms with Crippen molar-refractivity contribution in [3.63, 3.8) is 0 Å². The number of carbonyl (C=O) groups excluding carboxylic acids is 2. The van der Waals surface area contributed by atoms with Gasteiger partial charge in [0.25, 0.3) is 11.8 Å². The van der Waals surface area contributed by atoms with Crippen LogP contribution in [0.5, 0.6) is 5.75 Å². The maximum Gasteiger partial charge on any atom is 0.262 e. The molecule has 1 aliphatic heterocycles. The van der Waals surface area contributed by atoms with E-state index in [0.717, 1.165) is 16.2 Å². The van der Waals surface area contributed by atoms with Crippen LogP contribution in [-0.2, 0) is 11.3 Å². The molecule has 6 nitrogen and oxygen atoms in total. The maximum absolute atomic E-state index is 12.5. The fraction of sp³-hybridized carbons (Fsp3) is 0.0909. The van der Waals surface area contributed by atoms with Gasteiger partial charge in [-0.25, -0.2) is 0 Å². The summed E-state index contributed by atoms with van der Waals surface area (Å²) in [6, 6.07) is 16.3. The highest BCUT2D eigenvalue weighted by Crippen LogP contribution is 2.39. The van der Waals surface area contributed by atoms with E-state index in [4.69, 9.17) is 9.15 Å². The van der Waals surface area contributed by atoms with Crippen LogP contribution >= 0.6 is 11.8 Å². The number of fused-ring (bicyclic) bond motifs is 1. The largest absolute Gasteiger partial charge is 0.497 e. The number of nitrogens with one attached hydrogen (secondary N) is 2. The van der Waals surface area contributed by atoms with Gasteiger partial charge >= 0.3 is 0 Å². The van der Waals surface area contributed by atoms with Crippen LogP contribution in [0.4, 0.5) is 5.69 Å². The van der Waals surface area contributed by atoms with Crippen LogP contribution in [0.2, 0.25) is 0 Å². The lowest BCUT2D eigenvalue weighted by molar-refractivity contribution is -0.112. The first-order chi connectivity index (χ1) is 14.1. The number of rotatable bonds is 5. The fourth-order valence-corrected chi connectivity index (χ4v) is 3.77. The predicted octanol–water partition coefficient (Wildman–Crippen LogP) is 4.30. The van der Waals surface area contributed by atoms with E-state index in [1.54, 1.807) is 37.6 Å². The van der Waals surface area contributed by atoms with Crippen LogP contribution in [-0.4, -0.2) is 18.9 Å². The molecule has 0 spiro atoms. The molecule has 0 saturated carbocycles. The molecule has 2 aromatic carbocycles. The van der Waals surface area contributed by atoms with Gasteiger partial charge < -0.3 is 19.8 Å². The van der Waals surface area contributed by atoms with Gasteiger partial charge in [-0.2, -0.15) is 0 Å². The number of methoxy groups -OCH3 is 1. The number of hydrogen-bond donors (Lipinski definition) is 2. The number of ether oxygens (including phenoxy) is 1. The first-order valence-electron chi connectivity index (χ1n) is 8.92. The molecule has 2 amide bonds. The van der Waals surface area contributed by atoms with Gasteiger partial charge in [-0.3, -0.25) is 9.59 Å². The summed E-state index contributed by atoms with van der Waals surface area (Å²) in [4.78, 5) is 26.3. The minimum Gasteiger partial charge on any atom is -0.497 e. The highest BCUT2D eigenvalue weighted by atomic mass is 32.2. The van der Waals surface area contributed by atoms with Crippen molar-refractivity contribution >= 4 is 35.3 Å². The first kappa shape index (κ1) is 18.9. The summed E-state index contributed by atoms with van der Waals surface area (Å²) in [5, 5.41) is 5.66. The minimum atomic E-state index is -0.233. The van der Waals surface area contributed by atoms with Crippen molar-refractivity contribution in [2.75, 3.05) is 12.4 Å². The lowest BCUT2D eigenvalue weighted by Gasteiger charge is -2.19. The van der Waals surface area contributed by atoms with Gasteiger partial charge in [0.1, 0.15) is 11.5 Å². The molecule has 146 valence electrons. The molecule has 0 unspecified atom stereocenters. The van der Waals surface area contributed by atoms with E-state index < -0.39 is 0 Å². The first-order valence-corrected chi connectivity index (χ1v) is 9.73. The Morgan fingerprint density at radius 2 is 2.03 bits per heavy atom. The Balaban J connectivity index is 1.48. The SMILES string of the molecule is COc1ccc(C=C2Sc3ccc(C(=O)NCc4ccco4)cc3NC2=O)cc1. The van der Waals surface area contributed by atoms with Crippen LogP contribution < -0.4 is 15.4 Å². The monoisotopic (exact) mass is 406 g/mol. The number of thioether (sulfide) groups is 1. The molecular weight excluding hydrogens is 388 g/mol. The second-order valence-corrected chi connectivity index (χ2v) is 7.39. The molecule has 1 aromatic heterocycles. The van der Waals surface area contributed by atoms with Crippen molar-refractivity contribution in [2.24, 2.45) is 0 Å². The van der Waals surface area contributed by atoms with Crippen LogP contribution in [0.25, 0.3) is 6.08 Å². The summed E-state index contributed by atoms with van der Waals surface area (Å²) in [5.74, 6) is 0.999. The quantitative estimate of drug-likeness (QED) is 0.618. The van der Waals surface area contributed by atoms with Gasteiger partial charge in [0.05, 0.1) is 30.5 Å². The highest BCUT2D eigenvalue weighted by molar-refractivity contribution is 8.04. The molecule has 1 aliphatic rings. The van der Waals surface area contributed by atoms with E-state index in [9.17, 15) is 9.59 Å². The molecule has 3 aromatic rings. The molecule has 2 N–H and O–H groups in total. The minimum absolute atomic E-state index is 0.202. The molecule has 0 aliphatic carbocycles. The lowest BCUT2D eigenvalue weighted by atomic mass is 10.1. The third-order valence-electron chi connectivity index (χ3n) is 4.35. The zero-order valence-corrected chi connectivity index (χ0v) is 16.4. The standard InChI is InChI=1S/C22H18N2O4S/c1-27-16-7-4-14(5-8-16)11-20-22(26)24-18-12-15(6-9-19(18)29-20)21(25)23-13-17-3-2-10-28-17/h2-12H,13H2,1H3,(H,23,25)(H,24,26). The van der Waals surface area contributed by atoms with Crippen molar-refractivity contribution in [3.05, 3.63) is 82.7 Å².